The van der Waals surface area contributed by atoms with Crippen molar-refractivity contribution in [2.24, 2.45) is 5.92 Å². The van der Waals surface area contributed by atoms with Crippen LogP contribution < -0.4 is 20.7 Å². The SMILES string of the molecule is O=C1CCC2C(CCCC2NC(=O)N[C@@H]2CC(CF)(CF)Oc3cc(Cl)ccc32)N1. The van der Waals surface area contributed by atoms with Crippen LogP contribution in [0.2, 0.25) is 5.02 Å². The lowest BCUT2D eigenvalue weighted by Gasteiger charge is -2.42. The second kappa shape index (κ2) is 8.57. The zero-order valence-corrected chi connectivity index (χ0v) is 17.3. The Kier molecular flexibility index (Phi) is 6.04. The summed E-state index contributed by atoms with van der Waals surface area (Å²) >= 11 is 6.02. The normalized spacial score (nSPS) is 29.6. The molecule has 1 aliphatic carbocycles. The predicted octanol–water partition coefficient (Wildman–Crippen LogP) is 3.59. The summed E-state index contributed by atoms with van der Waals surface area (Å²) in [6.07, 6.45) is 3.85. The third-order valence-corrected chi connectivity index (χ3v) is 6.71. The number of alkyl halides is 2. The second-order valence-electron chi connectivity index (χ2n) is 8.52. The molecule has 0 spiro atoms. The lowest BCUT2D eigenvalue weighted by molar-refractivity contribution is -0.125. The summed E-state index contributed by atoms with van der Waals surface area (Å²) in [6, 6.07) is 3.91. The molecule has 0 bridgehead atoms. The Morgan fingerprint density at radius 1 is 1.23 bits per heavy atom. The highest BCUT2D eigenvalue weighted by Crippen LogP contribution is 2.41. The molecular formula is C21H26ClF2N3O3. The van der Waals surface area contributed by atoms with Gasteiger partial charge in [-0.3, -0.25) is 4.79 Å². The van der Waals surface area contributed by atoms with Crippen LogP contribution in [0.25, 0.3) is 0 Å². The van der Waals surface area contributed by atoms with Crippen molar-refractivity contribution in [3.8, 4) is 5.75 Å². The first-order chi connectivity index (χ1) is 14.4. The minimum absolute atomic E-state index is 0.0190. The van der Waals surface area contributed by atoms with Crippen LogP contribution in [-0.4, -0.2) is 43.0 Å². The monoisotopic (exact) mass is 441 g/mol. The van der Waals surface area contributed by atoms with Crippen LogP contribution in [0, 0.1) is 5.92 Å². The Balaban J connectivity index is 1.47. The van der Waals surface area contributed by atoms with Crippen LogP contribution >= 0.6 is 11.6 Å². The second-order valence-corrected chi connectivity index (χ2v) is 8.96. The lowest BCUT2D eigenvalue weighted by Crippen LogP contribution is -2.57. The van der Waals surface area contributed by atoms with Crippen molar-refractivity contribution in [1.82, 2.24) is 16.0 Å². The van der Waals surface area contributed by atoms with Gasteiger partial charge < -0.3 is 20.7 Å². The number of carbonyl (C=O) groups is 2. The maximum absolute atomic E-state index is 13.7. The number of hydrogen-bond donors (Lipinski definition) is 3. The number of nitrogens with one attached hydrogen (secondary N) is 3. The van der Waals surface area contributed by atoms with E-state index in [1.165, 1.54) is 6.07 Å². The molecule has 1 aromatic carbocycles. The molecule has 9 heteroatoms. The fourth-order valence-electron chi connectivity index (χ4n) is 4.94. The van der Waals surface area contributed by atoms with Crippen molar-refractivity contribution in [3.05, 3.63) is 28.8 Å². The van der Waals surface area contributed by atoms with Crippen molar-refractivity contribution in [2.45, 2.75) is 62.3 Å². The third kappa shape index (κ3) is 4.19. The summed E-state index contributed by atoms with van der Waals surface area (Å²) in [4.78, 5) is 24.5. The van der Waals surface area contributed by atoms with Gasteiger partial charge in [-0.25, -0.2) is 13.6 Å². The fourth-order valence-corrected chi connectivity index (χ4v) is 5.10. The van der Waals surface area contributed by atoms with Crippen LogP contribution in [0.15, 0.2) is 18.2 Å². The molecule has 3 amide bonds. The zero-order valence-electron chi connectivity index (χ0n) is 16.6. The number of benzene rings is 1. The van der Waals surface area contributed by atoms with Crippen LogP contribution in [0.5, 0.6) is 5.75 Å². The molecule has 3 unspecified atom stereocenters. The highest BCUT2D eigenvalue weighted by atomic mass is 35.5. The number of halogens is 3. The fraction of sp³-hybridized carbons (Fsp3) is 0.619. The zero-order chi connectivity index (χ0) is 21.3. The van der Waals surface area contributed by atoms with Gasteiger partial charge in [0.2, 0.25) is 5.91 Å². The van der Waals surface area contributed by atoms with E-state index >= 15 is 0 Å². The Morgan fingerprint density at radius 2 is 2.03 bits per heavy atom. The van der Waals surface area contributed by atoms with Gasteiger partial charge in [-0.2, -0.15) is 0 Å². The van der Waals surface area contributed by atoms with Crippen molar-refractivity contribution >= 4 is 23.5 Å². The molecule has 0 aromatic heterocycles. The van der Waals surface area contributed by atoms with Gasteiger partial charge in [-0.05, 0) is 43.7 Å². The summed E-state index contributed by atoms with van der Waals surface area (Å²) in [5, 5.41) is 9.32. The van der Waals surface area contributed by atoms with Gasteiger partial charge in [-0.1, -0.05) is 17.7 Å². The molecule has 6 nitrogen and oxygen atoms in total. The summed E-state index contributed by atoms with van der Waals surface area (Å²) in [6.45, 7) is -2.03. The number of rotatable bonds is 4. The highest BCUT2D eigenvalue weighted by Gasteiger charge is 2.43. The predicted molar refractivity (Wildman–Crippen MR) is 108 cm³/mol. The molecule has 164 valence electrons. The lowest BCUT2D eigenvalue weighted by atomic mass is 9.76. The number of urea groups is 1. The van der Waals surface area contributed by atoms with Gasteiger partial charge in [0.15, 0.2) is 5.60 Å². The van der Waals surface area contributed by atoms with Crippen molar-refractivity contribution in [3.63, 3.8) is 0 Å². The maximum Gasteiger partial charge on any atom is 0.315 e. The summed E-state index contributed by atoms with van der Waals surface area (Å²) in [5.74, 6) is 0.536. The number of piperidine rings is 1. The van der Waals surface area contributed by atoms with Crippen LogP contribution in [0.1, 0.15) is 50.1 Å². The minimum Gasteiger partial charge on any atom is -0.481 e. The van der Waals surface area contributed by atoms with E-state index in [1.54, 1.807) is 12.1 Å². The van der Waals surface area contributed by atoms with E-state index in [0.29, 0.717) is 17.0 Å². The molecule has 4 atom stereocenters. The third-order valence-electron chi connectivity index (χ3n) is 6.48. The Labute approximate surface area is 179 Å². The summed E-state index contributed by atoms with van der Waals surface area (Å²) in [5.41, 5.74) is -1.00. The maximum atomic E-state index is 13.7. The van der Waals surface area contributed by atoms with E-state index in [-0.39, 0.29) is 36.1 Å². The molecule has 1 saturated carbocycles. The Morgan fingerprint density at radius 3 is 2.80 bits per heavy atom. The Bertz CT molecular complexity index is 821. The van der Waals surface area contributed by atoms with E-state index in [4.69, 9.17) is 16.3 Å². The number of amides is 3. The standard InChI is InChI=1S/C21H26ClF2N3O3/c22-12-4-5-14-17(9-21(10-23,11-24)30-18(14)8-12)27-20(29)26-16-3-1-2-15-13(16)6-7-19(28)25-15/h4-5,8,13,15-17H,1-3,6-7,9-11H2,(H,25,28)(H2,26,27,29)/t13?,15?,16?,17-/m1/s1. The molecule has 4 rings (SSSR count). The largest absolute Gasteiger partial charge is 0.481 e. The quantitative estimate of drug-likeness (QED) is 0.668. The molecule has 2 heterocycles. The van der Waals surface area contributed by atoms with Gasteiger partial charge in [0.1, 0.15) is 19.1 Å². The van der Waals surface area contributed by atoms with Crippen LogP contribution in [0.4, 0.5) is 13.6 Å². The molecule has 0 radical (unpaired) electrons. The molecule has 2 fully saturated rings. The summed E-state index contributed by atoms with van der Waals surface area (Å²) in [7, 11) is 0. The van der Waals surface area contributed by atoms with Crippen molar-refractivity contribution < 1.29 is 23.1 Å². The number of hydrogen-bond acceptors (Lipinski definition) is 3. The summed E-state index contributed by atoms with van der Waals surface area (Å²) < 4.78 is 32.9. The van der Waals surface area contributed by atoms with Crippen molar-refractivity contribution in [2.75, 3.05) is 13.3 Å². The van der Waals surface area contributed by atoms with E-state index in [0.717, 1.165) is 25.7 Å². The Hall–Kier alpha value is -2.09. The smallest absolute Gasteiger partial charge is 0.315 e. The molecule has 2 aliphatic heterocycles. The first-order valence-corrected chi connectivity index (χ1v) is 10.8. The number of ether oxygens (including phenoxy) is 1. The van der Waals surface area contributed by atoms with Crippen LogP contribution in [0.3, 0.4) is 0 Å². The molecule has 1 aromatic rings. The van der Waals surface area contributed by atoms with Gasteiger partial charge in [0.05, 0.1) is 6.04 Å². The highest BCUT2D eigenvalue weighted by molar-refractivity contribution is 6.30. The molecule has 30 heavy (non-hydrogen) atoms. The van der Waals surface area contributed by atoms with E-state index < -0.39 is 31.0 Å². The first kappa shape index (κ1) is 21.2. The average molecular weight is 442 g/mol. The number of fused-ring (bicyclic) bond motifs is 2. The minimum atomic E-state index is -1.64. The topological polar surface area (TPSA) is 79.5 Å². The van der Waals surface area contributed by atoms with Crippen molar-refractivity contribution in [1.29, 1.82) is 0 Å². The molecular weight excluding hydrogens is 416 g/mol. The number of carbonyl (C=O) groups excluding carboxylic acids is 2. The van der Waals surface area contributed by atoms with Gasteiger partial charge in [0.25, 0.3) is 0 Å². The molecule has 1 saturated heterocycles. The molecule has 3 aliphatic rings. The van der Waals surface area contributed by atoms with Gasteiger partial charge in [-0.15, -0.1) is 0 Å². The van der Waals surface area contributed by atoms with Crippen LogP contribution in [-0.2, 0) is 4.79 Å². The average Bonchev–Trinajstić information content (AvgIpc) is 2.73. The van der Waals surface area contributed by atoms with Gasteiger partial charge in [0, 0.05) is 35.5 Å². The van der Waals surface area contributed by atoms with E-state index in [1.807, 2.05) is 0 Å². The molecule has 3 N–H and O–H groups in total. The van der Waals surface area contributed by atoms with E-state index in [9.17, 15) is 18.4 Å². The first-order valence-electron chi connectivity index (χ1n) is 10.4. The van der Waals surface area contributed by atoms with Gasteiger partial charge >= 0.3 is 6.03 Å². The van der Waals surface area contributed by atoms with E-state index in [2.05, 4.69) is 16.0 Å².